The van der Waals surface area contributed by atoms with Crippen LogP contribution < -0.4 is 11.1 Å². The molecule has 0 fully saturated rings. The molecule has 2 atom stereocenters. The molecule has 17 heavy (non-hydrogen) atoms. The lowest BCUT2D eigenvalue weighted by molar-refractivity contribution is -0.141. The Morgan fingerprint density at radius 3 is 2.35 bits per heavy atom. The highest BCUT2D eigenvalue weighted by Gasteiger charge is 2.18. The first-order chi connectivity index (χ1) is 7.63. The first kappa shape index (κ1) is 15.9. The van der Waals surface area contributed by atoms with Gasteiger partial charge in [0.05, 0.1) is 17.7 Å². The van der Waals surface area contributed by atoms with E-state index in [4.69, 9.17) is 10.8 Å². The number of amides is 1. The Morgan fingerprint density at radius 1 is 1.41 bits per heavy atom. The van der Waals surface area contributed by atoms with Crippen LogP contribution in [0.1, 0.15) is 13.3 Å². The molecular formula is C9H18N2O5S. The minimum atomic E-state index is -3.15. The molecular weight excluding hydrogens is 248 g/mol. The van der Waals surface area contributed by atoms with Gasteiger partial charge in [-0.25, -0.2) is 8.42 Å². The predicted molar refractivity (Wildman–Crippen MR) is 62.1 cm³/mol. The first-order valence-electron chi connectivity index (χ1n) is 5.07. The molecule has 0 rings (SSSR count). The van der Waals surface area contributed by atoms with Crippen molar-refractivity contribution in [3.8, 4) is 0 Å². The van der Waals surface area contributed by atoms with E-state index in [9.17, 15) is 18.0 Å². The Bertz CT molecular complexity index is 379. The SMILES string of the molecule is CC(CNC(=O)C(N)CCS(C)(=O)=O)C(=O)O. The molecule has 0 radical (unpaired) electrons. The summed E-state index contributed by atoms with van der Waals surface area (Å²) in [4.78, 5) is 21.8. The van der Waals surface area contributed by atoms with Crippen LogP contribution in [0.2, 0.25) is 0 Å². The Balaban J connectivity index is 4.03. The monoisotopic (exact) mass is 266 g/mol. The largest absolute Gasteiger partial charge is 0.481 e. The number of aliphatic carboxylic acids is 1. The molecule has 4 N–H and O–H groups in total. The number of carbonyl (C=O) groups excluding carboxylic acids is 1. The van der Waals surface area contributed by atoms with E-state index in [1.807, 2.05) is 0 Å². The van der Waals surface area contributed by atoms with Crippen molar-refractivity contribution in [2.75, 3.05) is 18.6 Å². The highest BCUT2D eigenvalue weighted by Crippen LogP contribution is 1.96. The molecule has 8 heteroatoms. The number of hydrogen-bond donors (Lipinski definition) is 3. The summed E-state index contributed by atoms with van der Waals surface area (Å²) in [6.45, 7) is 1.42. The Kier molecular flexibility index (Phi) is 6.11. The average molecular weight is 266 g/mol. The fourth-order valence-electron chi connectivity index (χ4n) is 0.944. The van der Waals surface area contributed by atoms with Gasteiger partial charge < -0.3 is 16.2 Å². The number of nitrogens with one attached hydrogen (secondary N) is 1. The number of carboxylic acid groups (broad SMARTS) is 1. The highest BCUT2D eigenvalue weighted by molar-refractivity contribution is 7.90. The van der Waals surface area contributed by atoms with Gasteiger partial charge in [-0.2, -0.15) is 0 Å². The zero-order chi connectivity index (χ0) is 13.6. The topological polar surface area (TPSA) is 127 Å². The molecule has 7 nitrogen and oxygen atoms in total. The molecule has 0 aromatic carbocycles. The summed E-state index contributed by atoms with van der Waals surface area (Å²) >= 11 is 0. The maximum Gasteiger partial charge on any atom is 0.308 e. The number of rotatable bonds is 7. The van der Waals surface area contributed by atoms with Gasteiger partial charge in [0.2, 0.25) is 5.91 Å². The van der Waals surface area contributed by atoms with Crippen molar-refractivity contribution in [2.24, 2.45) is 11.7 Å². The Labute approximate surface area is 100 Å². The zero-order valence-electron chi connectivity index (χ0n) is 9.84. The van der Waals surface area contributed by atoms with Crippen LogP contribution in [0.25, 0.3) is 0 Å². The van der Waals surface area contributed by atoms with E-state index in [0.29, 0.717) is 0 Å². The van der Waals surface area contributed by atoms with Crippen LogP contribution in [-0.2, 0) is 19.4 Å². The van der Waals surface area contributed by atoms with E-state index in [0.717, 1.165) is 6.26 Å². The first-order valence-corrected chi connectivity index (χ1v) is 7.13. The van der Waals surface area contributed by atoms with Gasteiger partial charge >= 0.3 is 5.97 Å². The van der Waals surface area contributed by atoms with Gasteiger partial charge in [0.25, 0.3) is 0 Å². The number of nitrogens with two attached hydrogens (primary N) is 1. The highest BCUT2D eigenvalue weighted by atomic mass is 32.2. The smallest absolute Gasteiger partial charge is 0.308 e. The van der Waals surface area contributed by atoms with Crippen LogP contribution >= 0.6 is 0 Å². The molecule has 0 heterocycles. The number of hydrogen-bond acceptors (Lipinski definition) is 5. The number of carbonyl (C=O) groups is 2. The number of sulfone groups is 1. The maximum atomic E-state index is 11.4. The van der Waals surface area contributed by atoms with Gasteiger partial charge in [-0.1, -0.05) is 6.92 Å². The molecule has 0 aromatic heterocycles. The normalized spacial score (nSPS) is 15.0. The van der Waals surface area contributed by atoms with Gasteiger partial charge in [0.15, 0.2) is 0 Å². The Hall–Kier alpha value is -1.15. The molecule has 1 amide bonds. The summed E-state index contributed by atoms with van der Waals surface area (Å²) < 4.78 is 21.7. The third-order valence-corrected chi connectivity index (χ3v) is 3.12. The minimum Gasteiger partial charge on any atom is -0.481 e. The van der Waals surface area contributed by atoms with E-state index < -0.39 is 33.7 Å². The van der Waals surface area contributed by atoms with Crippen LogP contribution in [-0.4, -0.2) is 50.0 Å². The quantitative estimate of drug-likeness (QED) is 0.519. The number of carboxylic acids is 1. The van der Waals surface area contributed by atoms with Crippen molar-refractivity contribution < 1.29 is 23.1 Å². The molecule has 0 aliphatic carbocycles. The lowest BCUT2D eigenvalue weighted by Gasteiger charge is -2.13. The van der Waals surface area contributed by atoms with E-state index in [1.165, 1.54) is 6.92 Å². The molecule has 0 saturated carbocycles. The van der Waals surface area contributed by atoms with E-state index in [2.05, 4.69) is 5.32 Å². The predicted octanol–water partition coefficient (Wildman–Crippen LogP) is -1.41. The van der Waals surface area contributed by atoms with Crippen molar-refractivity contribution >= 4 is 21.7 Å². The minimum absolute atomic E-state index is 0.0200. The summed E-state index contributed by atoms with van der Waals surface area (Å²) in [5.41, 5.74) is 5.46. The van der Waals surface area contributed by atoms with Crippen molar-refractivity contribution in [1.29, 1.82) is 0 Å². The molecule has 0 aliphatic rings. The fraction of sp³-hybridized carbons (Fsp3) is 0.778. The van der Waals surface area contributed by atoms with Crippen LogP contribution in [0.3, 0.4) is 0 Å². The van der Waals surface area contributed by atoms with Crippen molar-refractivity contribution in [3.05, 3.63) is 0 Å². The molecule has 0 aliphatic heterocycles. The summed E-state index contributed by atoms with van der Waals surface area (Å²) in [6, 6.07) is -0.939. The van der Waals surface area contributed by atoms with Gasteiger partial charge in [-0.15, -0.1) is 0 Å². The third kappa shape index (κ3) is 7.70. The summed E-state index contributed by atoms with van der Waals surface area (Å²) in [6.07, 6.45) is 1.08. The van der Waals surface area contributed by atoms with E-state index >= 15 is 0 Å². The van der Waals surface area contributed by atoms with Crippen LogP contribution in [0.5, 0.6) is 0 Å². The Morgan fingerprint density at radius 2 is 1.94 bits per heavy atom. The second kappa shape index (κ2) is 6.55. The standard InChI is InChI=1S/C9H18N2O5S/c1-6(9(13)14)5-11-8(12)7(10)3-4-17(2,15)16/h6-7H,3-5,10H2,1-2H3,(H,11,12)(H,13,14). The van der Waals surface area contributed by atoms with Crippen molar-refractivity contribution in [1.82, 2.24) is 5.32 Å². The summed E-state index contributed by atoms with van der Waals surface area (Å²) in [5, 5.41) is 10.9. The second-order valence-corrected chi connectivity index (χ2v) is 6.27. The summed E-state index contributed by atoms with van der Waals surface area (Å²) in [5.74, 6) is -2.44. The van der Waals surface area contributed by atoms with Crippen molar-refractivity contribution in [2.45, 2.75) is 19.4 Å². The lowest BCUT2D eigenvalue weighted by atomic mass is 10.1. The third-order valence-electron chi connectivity index (χ3n) is 2.14. The van der Waals surface area contributed by atoms with Crippen molar-refractivity contribution in [3.63, 3.8) is 0 Å². The lowest BCUT2D eigenvalue weighted by Crippen LogP contribution is -2.43. The van der Waals surface area contributed by atoms with Crippen LogP contribution in [0.15, 0.2) is 0 Å². The van der Waals surface area contributed by atoms with Gasteiger partial charge in [-0.3, -0.25) is 9.59 Å². The molecule has 0 saturated heterocycles. The van der Waals surface area contributed by atoms with Crippen LogP contribution in [0, 0.1) is 5.92 Å². The molecule has 0 aromatic rings. The molecule has 0 spiro atoms. The summed E-state index contributed by atoms with van der Waals surface area (Å²) in [7, 11) is -3.15. The van der Waals surface area contributed by atoms with E-state index in [-0.39, 0.29) is 18.7 Å². The molecule has 2 unspecified atom stereocenters. The average Bonchev–Trinajstić information content (AvgIpc) is 2.20. The second-order valence-electron chi connectivity index (χ2n) is 4.01. The van der Waals surface area contributed by atoms with Gasteiger partial charge in [0, 0.05) is 12.8 Å². The van der Waals surface area contributed by atoms with Gasteiger partial charge in [-0.05, 0) is 6.42 Å². The van der Waals surface area contributed by atoms with E-state index in [1.54, 1.807) is 0 Å². The fourth-order valence-corrected chi connectivity index (χ4v) is 1.63. The zero-order valence-corrected chi connectivity index (χ0v) is 10.7. The maximum absolute atomic E-state index is 11.4. The van der Waals surface area contributed by atoms with Crippen LogP contribution in [0.4, 0.5) is 0 Å². The molecule has 100 valence electrons. The van der Waals surface area contributed by atoms with Gasteiger partial charge in [0.1, 0.15) is 9.84 Å². The molecule has 0 bridgehead atoms.